The summed E-state index contributed by atoms with van der Waals surface area (Å²) in [6.45, 7) is 0.387. The molecule has 2 heterocycles. The number of carboxylic acid groups (broad SMARTS) is 1. The second-order valence-corrected chi connectivity index (χ2v) is 7.40. The van der Waals surface area contributed by atoms with Crippen LogP contribution in [0.4, 0.5) is 0 Å². The van der Waals surface area contributed by atoms with Crippen molar-refractivity contribution in [1.82, 2.24) is 14.3 Å². The maximum Gasteiger partial charge on any atom is 0.356 e. The number of hydrogen-bond acceptors (Lipinski definition) is 4. The molecule has 1 aromatic carbocycles. The quantitative estimate of drug-likeness (QED) is 0.867. The molecule has 122 valence electrons. The van der Waals surface area contributed by atoms with Gasteiger partial charge in [0.25, 0.3) is 0 Å². The average Bonchev–Trinajstić information content (AvgIpc) is 3.16. The highest BCUT2D eigenvalue weighted by Crippen LogP contribution is 2.35. The molecule has 1 aliphatic rings. The molecule has 8 heteroatoms. The fraction of sp³-hybridized carbons (Fsp3) is 0.333. The minimum absolute atomic E-state index is 0.0963. The fourth-order valence-corrected chi connectivity index (χ4v) is 4.74. The third kappa shape index (κ3) is 3.13. The molecule has 0 bridgehead atoms. The molecule has 7 nitrogen and oxygen atoms in total. The predicted molar refractivity (Wildman–Crippen MR) is 83.3 cm³/mol. The molecule has 1 atom stereocenters. The lowest BCUT2D eigenvalue weighted by atomic mass is 10.1. The molecule has 2 aromatic rings. The number of nitrogens with zero attached hydrogens (tertiary/aromatic N) is 2. The summed E-state index contributed by atoms with van der Waals surface area (Å²) < 4.78 is 26.9. The van der Waals surface area contributed by atoms with Crippen molar-refractivity contribution in [1.29, 1.82) is 0 Å². The van der Waals surface area contributed by atoms with Crippen LogP contribution in [-0.2, 0) is 15.8 Å². The Bertz CT molecular complexity index is 801. The van der Waals surface area contributed by atoms with E-state index in [0.717, 1.165) is 0 Å². The van der Waals surface area contributed by atoms with E-state index in [4.69, 9.17) is 0 Å². The summed E-state index contributed by atoms with van der Waals surface area (Å²) in [7, 11) is -3.54. The summed E-state index contributed by atoms with van der Waals surface area (Å²) in [4.78, 5) is 17.8. The number of aromatic amines is 1. The molecule has 1 aromatic heterocycles. The first-order chi connectivity index (χ1) is 11.0. The number of nitrogens with one attached hydrogen (secondary N) is 1. The number of benzene rings is 1. The number of imidazole rings is 1. The number of carbonyl (C=O) groups is 1. The van der Waals surface area contributed by atoms with E-state index in [2.05, 4.69) is 9.97 Å². The van der Waals surface area contributed by atoms with Crippen molar-refractivity contribution >= 4 is 16.0 Å². The van der Waals surface area contributed by atoms with E-state index in [9.17, 15) is 18.3 Å². The van der Waals surface area contributed by atoms with E-state index in [-0.39, 0.29) is 11.4 Å². The van der Waals surface area contributed by atoms with Gasteiger partial charge in [-0.2, -0.15) is 4.31 Å². The van der Waals surface area contributed by atoms with Gasteiger partial charge in [-0.1, -0.05) is 30.3 Å². The lowest BCUT2D eigenvalue weighted by Gasteiger charge is -2.23. The number of carboxylic acids is 1. The first kappa shape index (κ1) is 15.7. The Hall–Kier alpha value is -2.19. The van der Waals surface area contributed by atoms with Crippen LogP contribution in [0.3, 0.4) is 0 Å². The van der Waals surface area contributed by atoms with E-state index in [1.165, 1.54) is 10.6 Å². The molecule has 0 spiro atoms. The molecule has 1 unspecified atom stereocenters. The molecule has 1 aliphatic heterocycles. The van der Waals surface area contributed by atoms with Gasteiger partial charge in [0.05, 0.1) is 23.8 Å². The van der Waals surface area contributed by atoms with Gasteiger partial charge in [0, 0.05) is 6.54 Å². The van der Waals surface area contributed by atoms with Crippen LogP contribution in [0.1, 0.15) is 40.6 Å². The SMILES string of the molecule is O=C(O)c1nc[nH]c1C1CCCN1S(=O)(=O)Cc1ccccc1. The summed E-state index contributed by atoms with van der Waals surface area (Å²) >= 11 is 0. The Morgan fingerprint density at radius 2 is 2.09 bits per heavy atom. The number of aromatic carboxylic acids is 1. The maximum atomic E-state index is 12.7. The molecule has 3 rings (SSSR count). The van der Waals surface area contributed by atoms with Crippen LogP contribution < -0.4 is 0 Å². The zero-order valence-corrected chi connectivity index (χ0v) is 13.2. The van der Waals surface area contributed by atoms with Gasteiger partial charge < -0.3 is 10.1 Å². The molecular weight excluding hydrogens is 318 g/mol. The van der Waals surface area contributed by atoms with Crippen LogP contribution >= 0.6 is 0 Å². The average molecular weight is 335 g/mol. The fourth-order valence-electron chi connectivity index (χ4n) is 2.96. The van der Waals surface area contributed by atoms with Crippen molar-refractivity contribution in [2.45, 2.75) is 24.6 Å². The van der Waals surface area contributed by atoms with Gasteiger partial charge in [-0.05, 0) is 18.4 Å². The van der Waals surface area contributed by atoms with Crippen LogP contribution in [0, 0.1) is 0 Å². The predicted octanol–water partition coefficient (Wildman–Crippen LogP) is 1.77. The van der Waals surface area contributed by atoms with E-state index < -0.39 is 22.0 Å². The van der Waals surface area contributed by atoms with E-state index >= 15 is 0 Å². The smallest absolute Gasteiger partial charge is 0.356 e. The molecular formula is C15H17N3O4S. The first-order valence-corrected chi connectivity index (χ1v) is 8.90. The van der Waals surface area contributed by atoms with Gasteiger partial charge in [-0.15, -0.1) is 0 Å². The number of hydrogen-bond donors (Lipinski definition) is 2. The first-order valence-electron chi connectivity index (χ1n) is 7.29. The Morgan fingerprint density at radius 3 is 2.78 bits per heavy atom. The minimum Gasteiger partial charge on any atom is -0.476 e. The minimum atomic E-state index is -3.54. The summed E-state index contributed by atoms with van der Waals surface area (Å²) in [6, 6.07) is 8.45. The molecule has 1 fully saturated rings. The molecule has 0 radical (unpaired) electrons. The molecule has 0 saturated carbocycles. The van der Waals surface area contributed by atoms with Crippen LogP contribution in [0.25, 0.3) is 0 Å². The number of aromatic nitrogens is 2. The van der Waals surface area contributed by atoms with Crippen molar-refractivity contribution in [3.8, 4) is 0 Å². The highest BCUT2D eigenvalue weighted by molar-refractivity contribution is 7.88. The molecule has 1 saturated heterocycles. The third-order valence-corrected chi connectivity index (χ3v) is 5.81. The lowest BCUT2D eigenvalue weighted by molar-refractivity contribution is 0.0688. The molecule has 0 amide bonds. The Kier molecular flexibility index (Phi) is 4.18. The second kappa shape index (κ2) is 6.13. The van der Waals surface area contributed by atoms with Gasteiger partial charge in [-0.3, -0.25) is 0 Å². The van der Waals surface area contributed by atoms with Crippen LogP contribution in [0.15, 0.2) is 36.7 Å². The summed E-state index contributed by atoms with van der Waals surface area (Å²) in [6.07, 6.45) is 2.56. The van der Waals surface area contributed by atoms with Crippen LogP contribution in [-0.4, -0.2) is 40.3 Å². The van der Waals surface area contributed by atoms with Crippen LogP contribution in [0.2, 0.25) is 0 Å². The van der Waals surface area contributed by atoms with Crippen molar-refractivity contribution < 1.29 is 18.3 Å². The second-order valence-electron chi connectivity index (χ2n) is 5.48. The molecule has 23 heavy (non-hydrogen) atoms. The maximum absolute atomic E-state index is 12.7. The highest BCUT2D eigenvalue weighted by Gasteiger charge is 2.38. The molecule has 2 N–H and O–H groups in total. The Labute approximate surface area is 134 Å². The lowest BCUT2D eigenvalue weighted by Crippen LogP contribution is -2.32. The van der Waals surface area contributed by atoms with Crippen LogP contribution in [0.5, 0.6) is 0 Å². The summed E-state index contributed by atoms with van der Waals surface area (Å²) in [5.74, 6) is -1.26. The third-order valence-electron chi connectivity index (χ3n) is 3.96. The van der Waals surface area contributed by atoms with Crippen molar-refractivity contribution in [3.05, 3.63) is 53.6 Å². The summed E-state index contributed by atoms with van der Waals surface area (Å²) in [5.41, 5.74) is 0.949. The monoisotopic (exact) mass is 335 g/mol. The standard InChI is InChI=1S/C15H17N3O4S/c19-15(20)14-13(16-10-17-14)12-7-4-8-18(12)23(21,22)9-11-5-2-1-3-6-11/h1-3,5-6,10,12H,4,7-9H2,(H,16,17)(H,19,20). The van der Waals surface area contributed by atoms with Gasteiger partial charge in [-0.25, -0.2) is 18.2 Å². The van der Waals surface area contributed by atoms with Crippen molar-refractivity contribution in [2.75, 3.05) is 6.54 Å². The van der Waals surface area contributed by atoms with Gasteiger partial charge in [0.1, 0.15) is 0 Å². The number of sulfonamides is 1. The Balaban J connectivity index is 1.89. The van der Waals surface area contributed by atoms with E-state index in [1.807, 2.05) is 6.07 Å². The number of rotatable bonds is 5. The highest BCUT2D eigenvalue weighted by atomic mass is 32.2. The summed E-state index contributed by atoms with van der Waals surface area (Å²) in [5, 5.41) is 9.19. The van der Waals surface area contributed by atoms with E-state index in [0.29, 0.717) is 30.6 Å². The van der Waals surface area contributed by atoms with Crippen molar-refractivity contribution in [2.24, 2.45) is 0 Å². The van der Waals surface area contributed by atoms with Crippen molar-refractivity contribution in [3.63, 3.8) is 0 Å². The van der Waals surface area contributed by atoms with Gasteiger partial charge >= 0.3 is 5.97 Å². The normalized spacial score (nSPS) is 19.0. The largest absolute Gasteiger partial charge is 0.476 e. The van der Waals surface area contributed by atoms with E-state index in [1.54, 1.807) is 24.3 Å². The topological polar surface area (TPSA) is 103 Å². The van der Waals surface area contributed by atoms with Gasteiger partial charge in [0.15, 0.2) is 5.69 Å². The zero-order valence-electron chi connectivity index (χ0n) is 12.3. The number of H-pyrrole nitrogens is 1. The zero-order chi connectivity index (χ0) is 16.4. The molecule has 0 aliphatic carbocycles. The van der Waals surface area contributed by atoms with Gasteiger partial charge in [0.2, 0.25) is 10.0 Å². The Morgan fingerprint density at radius 1 is 1.35 bits per heavy atom.